The number of rotatable bonds is 5. The zero-order valence-corrected chi connectivity index (χ0v) is 18.0. The van der Waals surface area contributed by atoms with Crippen molar-refractivity contribution in [3.8, 4) is 17.2 Å². The fourth-order valence-electron chi connectivity index (χ4n) is 3.69. The summed E-state index contributed by atoms with van der Waals surface area (Å²) in [6.07, 6.45) is 0. The highest BCUT2D eigenvalue weighted by Gasteiger charge is 2.18. The number of carbonyl (C=O) groups excluding carboxylic acids is 1. The number of thiophene rings is 1. The standard InChI is InChI=1S/C23H19N3O5S/c1-14-3-2-4-16(9-14)26-22(28)21-17(7-8-32-21)25(23(26)29)12-20(27)24-11-15-5-6-18-19(10-15)31-13-30-18/h2-10H,11-13H2,1H3,(H,24,27). The van der Waals surface area contributed by atoms with Crippen LogP contribution in [-0.4, -0.2) is 21.8 Å². The van der Waals surface area contributed by atoms with Crippen LogP contribution in [0.2, 0.25) is 0 Å². The molecule has 0 spiro atoms. The molecule has 5 rings (SSSR count). The molecule has 2 aromatic heterocycles. The van der Waals surface area contributed by atoms with Crippen molar-refractivity contribution in [1.29, 1.82) is 0 Å². The minimum absolute atomic E-state index is 0.182. The van der Waals surface area contributed by atoms with Gasteiger partial charge < -0.3 is 14.8 Å². The van der Waals surface area contributed by atoms with Gasteiger partial charge in [-0.15, -0.1) is 11.3 Å². The SMILES string of the molecule is Cc1cccc(-n2c(=O)c3sccc3n(CC(=O)NCc3ccc4c(c3)OCO4)c2=O)c1. The van der Waals surface area contributed by atoms with Gasteiger partial charge in [-0.1, -0.05) is 18.2 Å². The molecule has 3 heterocycles. The summed E-state index contributed by atoms with van der Waals surface area (Å²) < 4.78 is 13.5. The van der Waals surface area contributed by atoms with Gasteiger partial charge in [-0.25, -0.2) is 9.36 Å². The molecule has 0 unspecified atom stereocenters. The minimum atomic E-state index is -0.551. The molecule has 0 radical (unpaired) electrons. The maximum atomic E-state index is 13.3. The summed E-state index contributed by atoms with van der Waals surface area (Å²) in [4.78, 5) is 39.0. The number of ether oxygens (including phenoxy) is 2. The Bertz CT molecular complexity index is 1470. The Kier molecular flexibility index (Phi) is 5.02. The first-order valence-corrected chi connectivity index (χ1v) is 10.8. The van der Waals surface area contributed by atoms with Gasteiger partial charge in [-0.05, 0) is 53.8 Å². The number of benzene rings is 2. The Hall–Kier alpha value is -3.85. The van der Waals surface area contributed by atoms with Crippen LogP contribution < -0.4 is 26.0 Å². The van der Waals surface area contributed by atoms with Crippen molar-refractivity contribution in [2.75, 3.05) is 6.79 Å². The van der Waals surface area contributed by atoms with E-state index in [0.29, 0.717) is 27.4 Å². The van der Waals surface area contributed by atoms with Crippen molar-refractivity contribution in [3.05, 3.63) is 85.9 Å². The number of fused-ring (bicyclic) bond motifs is 2. The highest BCUT2D eigenvalue weighted by Crippen LogP contribution is 2.32. The van der Waals surface area contributed by atoms with Crippen molar-refractivity contribution in [3.63, 3.8) is 0 Å². The predicted molar refractivity (Wildman–Crippen MR) is 121 cm³/mol. The number of hydrogen-bond acceptors (Lipinski definition) is 6. The van der Waals surface area contributed by atoms with Crippen molar-refractivity contribution in [2.45, 2.75) is 20.0 Å². The first-order valence-electron chi connectivity index (χ1n) is 9.96. The predicted octanol–water partition coefficient (Wildman–Crippen LogP) is 2.57. The number of nitrogens with one attached hydrogen (secondary N) is 1. The number of carbonyl (C=O) groups is 1. The number of amides is 1. The molecule has 4 aromatic rings. The highest BCUT2D eigenvalue weighted by molar-refractivity contribution is 7.17. The summed E-state index contributed by atoms with van der Waals surface area (Å²) >= 11 is 1.25. The Morgan fingerprint density at radius 2 is 1.94 bits per heavy atom. The molecule has 1 aliphatic rings. The third-order valence-corrected chi connectivity index (χ3v) is 6.13. The topological polar surface area (TPSA) is 91.6 Å². The van der Waals surface area contributed by atoms with Gasteiger partial charge in [0.25, 0.3) is 5.56 Å². The van der Waals surface area contributed by atoms with Gasteiger partial charge in [0.05, 0.1) is 11.2 Å². The second-order valence-corrected chi connectivity index (χ2v) is 8.36. The van der Waals surface area contributed by atoms with Crippen LogP contribution in [0, 0.1) is 6.92 Å². The van der Waals surface area contributed by atoms with E-state index < -0.39 is 5.69 Å². The van der Waals surface area contributed by atoms with Crippen LogP contribution in [0.3, 0.4) is 0 Å². The van der Waals surface area contributed by atoms with Crippen molar-refractivity contribution >= 4 is 27.5 Å². The van der Waals surface area contributed by atoms with Gasteiger partial charge >= 0.3 is 5.69 Å². The lowest BCUT2D eigenvalue weighted by Gasteiger charge is -2.13. The van der Waals surface area contributed by atoms with E-state index in [1.165, 1.54) is 15.9 Å². The molecule has 9 heteroatoms. The van der Waals surface area contributed by atoms with Gasteiger partial charge in [0.1, 0.15) is 11.2 Å². The van der Waals surface area contributed by atoms with E-state index in [9.17, 15) is 14.4 Å². The van der Waals surface area contributed by atoms with Gasteiger partial charge in [0.15, 0.2) is 11.5 Å². The van der Waals surface area contributed by atoms with Crippen LogP contribution in [0.1, 0.15) is 11.1 Å². The van der Waals surface area contributed by atoms with Crippen LogP contribution >= 0.6 is 11.3 Å². The number of nitrogens with zero attached hydrogens (tertiary/aromatic N) is 2. The number of hydrogen-bond donors (Lipinski definition) is 1. The molecule has 1 aliphatic heterocycles. The zero-order valence-electron chi connectivity index (χ0n) is 17.2. The molecular weight excluding hydrogens is 430 g/mol. The minimum Gasteiger partial charge on any atom is -0.454 e. The lowest BCUT2D eigenvalue weighted by Crippen LogP contribution is -2.41. The summed E-state index contributed by atoms with van der Waals surface area (Å²) in [6, 6.07) is 14.3. The average Bonchev–Trinajstić information content (AvgIpc) is 3.45. The fraction of sp³-hybridized carbons (Fsp3) is 0.174. The summed E-state index contributed by atoms with van der Waals surface area (Å²) in [6.45, 7) is 2.14. The molecule has 0 saturated carbocycles. The Morgan fingerprint density at radius 1 is 1.09 bits per heavy atom. The largest absolute Gasteiger partial charge is 0.454 e. The van der Waals surface area contributed by atoms with Gasteiger partial charge in [0.2, 0.25) is 12.7 Å². The van der Waals surface area contributed by atoms with Crippen molar-refractivity contribution in [1.82, 2.24) is 14.5 Å². The summed E-state index contributed by atoms with van der Waals surface area (Å²) in [5.74, 6) is 0.967. The smallest absolute Gasteiger partial charge is 0.336 e. The fourth-order valence-corrected chi connectivity index (χ4v) is 4.51. The van der Waals surface area contributed by atoms with E-state index >= 15 is 0 Å². The van der Waals surface area contributed by atoms with Gasteiger partial charge in [-0.3, -0.25) is 14.2 Å². The lowest BCUT2D eigenvalue weighted by molar-refractivity contribution is -0.121. The zero-order chi connectivity index (χ0) is 22.2. The Morgan fingerprint density at radius 3 is 2.78 bits per heavy atom. The molecule has 8 nitrogen and oxygen atoms in total. The molecule has 32 heavy (non-hydrogen) atoms. The highest BCUT2D eigenvalue weighted by atomic mass is 32.1. The molecule has 2 aromatic carbocycles. The molecule has 0 atom stereocenters. The molecule has 0 fully saturated rings. The summed E-state index contributed by atoms with van der Waals surface area (Å²) in [5, 5.41) is 4.57. The Labute approximate surface area is 186 Å². The second kappa shape index (κ2) is 8.01. The molecule has 0 aliphatic carbocycles. The average molecular weight is 449 g/mol. The third-order valence-electron chi connectivity index (χ3n) is 5.24. The molecule has 162 valence electrons. The second-order valence-electron chi connectivity index (χ2n) is 7.45. The Balaban J connectivity index is 1.45. The van der Waals surface area contributed by atoms with E-state index in [4.69, 9.17) is 9.47 Å². The normalized spacial score (nSPS) is 12.3. The van der Waals surface area contributed by atoms with E-state index in [1.54, 1.807) is 35.7 Å². The first-order chi connectivity index (χ1) is 15.5. The van der Waals surface area contributed by atoms with E-state index in [0.717, 1.165) is 15.7 Å². The van der Waals surface area contributed by atoms with Crippen LogP contribution in [0.4, 0.5) is 0 Å². The van der Waals surface area contributed by atoms with Crippen LogP contribution in [0.25, 0.3) is 15.9 Å². The van der Waals surface area contributed by atoms with Crippen LogP contribution in [0.15, 0.2) is 63.5 Å². The molecular formula is C23H19N3O5S. The van der Waals surface area contributed by atoms with Crippen molar-refractivity contribution < 1.29 is 14.3 Å². The monoisotopic (exact) mass is 449 g/mol. The van der Waals surface area contributed by atoms with E-state index in [2.05, 4.69) is 5.32 Å². The van der Waals surface area contributed by atoms with E-state index in [-0.39, 0.29) is 31.3 Å². The quantitative estimate of drug-likeness (QED) is 0.506. The third kappa shape index (κ3) is 3.56. The number of aromatic nitrogens is 2. The van der Waals surface area contributed by atoms with Crippen molar-refractivity contribution in [2.24, 2.45) is 0 Å². The molecule has 0 saturated heterocycles. The molecule has 0 bridgehead atoms. The maximum Gasteiger partial charge on any atom is 0.336 e. The summed E-state index contributed by atoms with van der Waals surface area (Å²) in [7, 11) is 0. The lowest BCUT2D eigenvalue weighted by atomic mass is 10.2. The first kappa shape index (κ1) is 20.1. The van der Waals surface area contributed by atoms with Gasteiger partial charge in [0, 0.05) is 6.54 Å². The molecule has 1 N–H and O–H groups in total. The summed E-state index contributed by atoms with van der Waals surface area (Å²) in [5.41, 5.74) is 1.76. The van der Waals surface area contributed by atoms with Gasteiger partial charge in [-0.2, -0.15) is 0 Å². The van der Waals surface area contributed by atoms with Crippen LogP contribution in [-0.2, 0) is 17.9 Å². The maximum absolute atomic E-state index is 13.3. The van der Waals surface area contributed by atoms with E-state index in [1.807, 2.05) is 25.1 Å². The molecule has 1 amide bonds. The van der Waals surface area contributed by atoms with Crippen LogP contribution in [0.5, 0.6) is 11.5 Å². The number of aryl methyl sites for hydroxylation is 1.